The Kier molecular flexibility index (Phi) is 2.75. The summed E-state index contributed by atoms with van der Waals surface area (Å²) in [6.07, 6.45) is 2.64. The third kappa shape index (κ3) is 2.08. The lowest BCUT2D eigenvalue weighted by Crippen LogP contribution is -1.89. The molecule has 2 rings (SSSR count). The van der Waals surface area contributed by atoms with E-state index in [0.717, 1.165) is 17.4 Å². The molecule has 86 valence electrons. The monoisotopic (exact) mass is 252 g/mol. The van der Waals surface area contributed by atoms with Gasteiger partial charge in [-0.3, -0.25) is 20.2 Å². The Balaban J connectivity index is 2.60. The predicted octanol–water partition coefficient (Wildman–Crippen LogP) is 2.02. The van der Waals surface area contributed by atoms with Crippen molar-refractivity contribution in [1.29, 1.82) is 0 Å². The molecule has 0 amide bonds. The van der Waals surface area contributed by atoms with Crippen molar-refractivity contribution in [1.82, 2.24) is 9.97 Å². The number of hydrogen-bond acceptors (Lipinski definition) is 7. The molecule has 0 aromatic carbocycles. The molecule has 2 heterocycles. The molecule has 0 aliphatic rings. The van der Waals surface area contributed by atoms with Gasteiger partial charge in [0.2, 0.25) is 0 Å². The maximum absolute atomic E-state index is 10.8. The molecular weight excluding hydrogens is 248 g/mol. The fourth-order valence-electron chi connectivity index (χ4n) is 1.20. The molecule has 2 aromatic rings. The number of thiophene rings is 1. The van der Waals surface area contributed by atoms with Crippen LogP contribution in [-0.4, -0.2) is 19.8 Å². The fraction of sp³-hybridized carbons (Fsp3) is 0. The van der Waals surface area contributed by atoms with Gasteiger partial charge in [-0.2, -0.15) is 0 Å². The van der Waals surface area contributed by atoms with E-state index >= 15 is 0 Å². The summed E-state index contributed by atoms with van der Waals surface area (Å²) in [6, 6.07) is 2.39. The first kappa shape index (κ1) is 11.1. The van der Waals surface area contributed by atoms with Crippen LogP contribution >= 0.6 is 11.3 Å². The van der Waals surface area contributed by atoms with E-state index in [1.165, 1.54) is 18.6 Å². The van der Waals surface area contributed by atoms with E-state index in [9.17, 15) is 20.2 Å². The predicted molar refractivity (Wildman–Crippen MR) is 58.7 cm³/mol. The van der Waals surface area contributed by atoms with E-state index in [0.29, 0.717) is 5.69 Å². The first-order valence-electron chi connectivity index (χ1n) is 4.28. The summed E-state index contributed by atoms with van der Waals surface area (Å²) in [6.45, 7) is 0. The second kappa shape index (κ2) is 4.22. The van der Waals surface area contributed by atoms with Gasteiger partial charge in [0.25, 0.3) is 5.69 Å². The molecule has 0 fully saturated rings. The Bertz CT molecular complexity index is 582. The molecule has 0 N–H and O–H groups in total. The van der Waals surface area contributed by atoms with Crippen LogP contribution in [0.5, 0.6) is 0 Å². The maximum Gasteiger partial charge on any atom is 0.331 e. The Labute approximate surface area is 97.9 Å². The van der Waals surface area contributed by atoms with Crippen LogP contribution in [-0.2, 0) is 0 Å². The molecule has 0 saturated heterocycles. The highest BCUT2D eigenvalue weighted by Gasteiger charge is 2.26. The van der Waals surface area contributed by atoms with E-state index in [1.807, 2.05) is 0 Å². The second-order valence-corrected chi connectivity index (χ2v) is 3.94. The van der Waals surface area contributed by atoms with E-state index in [-0.39, 0.29) is 15.6 Å². The van der Waals surface area contributed by atoms with Gasteiger partial charge >= 0.3 is 5.00 Å². The zero-order chi connectivity index (χ0) is 12.4. The highest BCUT2D eigenvalue weighted by molar-refractivity contribution is 7.19. The van der Waals surface area contributed by atoms with Crippen molar-refractivity contribution in [2.75, 3.05) is 0 Å². The third-order valence-electron chi connectivity index (χ3n) is 1.89. The summed E-state index contributed by atoms with van der Waals surface area (Å²) in [5.74, 6) is 0. The largest absolute Gasteiger partial charge is 0.331 e. The Morgan fingerprint density at radius 3 is 2.53 bits per heavy atom. The Hall–Kier alpha value is -2.42. The van der Waals surface area contributed by atoms with Gasteiger partial charge in [-0.25, -0.2) is 9.97 Å². The molecule has 0 bridgehead atoms. The van der Waals surface area contributed by atoms with Crippen LogP contribution in [0.25, 0.3) is 10.6 Å². The summed E-state index contributed by atoms with van der Waals surface area (Å²) >= 11 is 0.718. The van der Waals surface area contributed by atoms with Crippen molar-refractivity contribution in [3.8, 4) is 10.6 Å². The highest BCUT2D eigenvalue weighted by Crippen LogP contribution is 2.40. The zero-order valence-corrected chi connectivity index (χ0v) is 8.96. The topological polar surface area (TPSA) is 112 Å². The van der Waals surface area contributed by atoms with Crippen LogP contribution in [0.2, 0.25) is 0 Å². The molecule has 9 heteroatoms. The lowest BCUT2D eigenvalue weighted by molar-refractivity contribution is -0.389. The van der Waals surface area contributed by atoms with Gasteiger partial charge in [0.05, 0.1) is 15.5 Å². The van der Waals surface area contributed by atoms with E-state index in [2.05, 4.69) is 9.97 Å². The smallest absolute Gasteiger partial charge is 0.258 e. The first-order valence-corrected chi connectivity index (χ1v) is 5.10. The van der Waals surface area contributed by atoms with Crippen LogP contribution in [0, 0.1) is 20.2 Å². The number of hydrogen-bond donors (Lipinski definition) is 0. The van der Waals surface area contributed by atoms with Gasteiger partial charge in [-0.15, -0.1) is 0 Å². The van der Waals surface area contributed by atoms with Gasteiger partial charge < -0.3 is 0 Å². The fourth-order valence-corrected chi connectivity index (χ4v) is 2.12. The molecule has 0 aliphatic heterocycles. The van der Waals surface area contributed by atoms with Gasteiger partial charge in [0.1, 0.15) is 17.3 Å². The SMILES string of the molecule is O=[N+]([O-])c1cc([N+](=O)[O-])c(-c2ccncn2)s1. The summed E-state index contributed by atoms with van der Waals surface area (Å²) in [7, 11) is 0. The maximum atomic E-state index is 10.8. The third-order valence-corrected chi connectivity index (χ3v) is 2.99. The molecule has 0 radical (unpaired) electrons. The normalized spacial score (nSPS) is 10.1. The van der Waals surface area contributed by atoms with E-state index in [1.54, 1.807) is 0 Å². The minimum atomic E-state index is -0.666. The van der Waals surface area contributed by atoms with Crippen molar-refractivity contribution in [2.24, 2.45) is 0 Å². The van der Waals surface area contributed by atoms with Crippen molar-refractivity contribution in [3.63, 3.8) is 0 Å². The molecule has 0 aliphatic carbocycles. The van der Waals surface area contributed by atoms with Crippen LogP contribution < -0.4 is 0 Å². The molecule has 0 atom stereocenters. The minimum Gasteiger partial charge on any atom is -0.258 e. The lowest BCUT2D eigenvalue weighted by Gasteiger charge is -1.93. The van der Waals surface area contributed by atoms with Crippen molar-refractivity contribution < 1.29 is 9.85 Å². The lowest BCUT2D eigenvalue weighted by atomic mass is 10.3. The van der Waals surface area contributed by atoms with E-state index < -0.39 is 9.85 Å². The standard InChI is InChI=1S/C8H4N4O4S/c13-11(14)6-3-7(12(15)16)17-8(6)5-1-2-9-4-10-5/h1-4H. The van der Waals surface area contributed by atoms with Crippen LogP contribution in [0.1, 0.15) is 0 Å². The number of rotatable bonds is 3. The summed E-state index contributed by atoms with van der Waals surface area (Å²) in [5, 5.41) is 21.1. The van der Waals surface area contributed by atoms with Gasteiger partial charge in [0, 0.05) is 6.20 Å². The summed E-state index contributed by atoms with van der Waals surface area (Å²) in [5.41, 5.74) is -0.0230. The van der Waals surface area contributed by atoms with Crippen LogP contribution in [0.15, 0.2) is 24.7 Å². The van der Waals surface area contributed by atoms with Crippen LogP contribution in [0.4, 0.5) is 10.7 Å². The zero-order valence-electron chi connectivity index (χ0n) is 8.14. The van der Waals surface area contributed by atoms with Crippen molar-refractivity contribution in [3.05, 3.63) is 44.9 Å². The average Bonchev–Trinajstić information content (AvgIpc) is 2.75. The highest BCUT2D eigenvalue weighted by atomic mass is 32.1. The molecule has 8 nitrogen and oxygen atoms in total. The van der Waals surface area contributed by atoms with E-state index in [4.69, 9.17) is 0 Å². The quantitative estimate of drug-likeness (QED) is 0.610. The molecule has 2 aromatic heterocycles. The number of nitrogens with zero attached hydrogens (tertiary/aromatic N) is 4. The van der Waals surface area contributed by atoms with Gasteiger partial charge in [-0.1, -0.05) is 11.3 Å². The van der Waals surface area contributed by atoms with Crippen molar-refractivity contribution >= 4 is 22.0 Å². The Morgan fingerprint density at radius 1 is 1.24 bits per heavy atom. The molecule has 0 saturated carbocycles. The number of aromatic nitrogens is 2. The second-order valence-electron chi connectivity index (χ2n) is 2.91. The molecule has 0 unspecified atom stereocenters. The van der Waals surface area contributed by atoms with Crippen LogP contribution in [0.3, 0.4) is 0 Å². The summed E-state index contributed by atoms with van der Waals surface area (Å²) < 4.78 is 0. The van der Waals surface area contributed by atoms with Gasteiger partial charge in [-0.05, 0) is 6.07 Å². The number of nitro groups is 2. The van der Waals surface area contributed by atoms with Gasteiger partial charge in [0.15, 0.2) is 0 Å². The van der Waals surface area contributed by atoms with Crippen molar-refractivity contribution in [2.45, 2.75) is 0 Å². The minimum absolute atomic E-state index is 0.157. The Morgan fingerprint density at radius 2 is 2.00 bits per heavy atom. The molecular formula is C8H4N4O4S. The average molecular weight is 252 g/mol. The summed E-state index contributed by atoms with van der Waals surface area (Å²) in [4.78, 5) is 27.7. The first-order chi connectivity index (χ1) is 8.09. The molecule has 17 heavy (non-hydrogen) atoms. The molecule has 0 spiro atoms.